The van der Waals surface area contributed by atoms with E-state index in [0.717, 1.165) is 57.1 Å². The largest absolute Gasteiger partial charge is 0.377 e. The van der Waals surface area contributed by atoms with Crippen LogP contribution in [0, 0.1) is 0 Å². The van der Waals surface area contributed by atoms with E-state index in [1.807, 2.05) is 0 Å². The minimum Gasteiger partial charge on any atom is -0.377 e. The fraction of sp³-hybridized carbons (Fsp3) is 0.733. The van der Waals surface area contributed by atoms with Crippen molar-refractivity contribution in [2.45, 2.75) is 46.1 Å². The number of nitrogens with one attached hydrogen (secondary N) is 1. The SMILES string of the molecule is CCCc1c(NCC)ncnc1N1CCCOC(C)C1. The van der Waals surface area contributed by atoms with Crippen LogP contribution in [0.15, 0.2) is 6.33 Å². The van der Waals surface area contributed by atoms with Crippen LogP contribution in [0.25, 0.3) is 0 Å². The van der Waals surface area contributed by atoms with Crippen molar-refractivity contribution in [3.63, 3.8) is 0 Å². The summed E-state index contributed by atoms with van der Waals surface area (Å²) in [6, 6.07) is 0. The first-order valence-corrected chi connectivity index (χ1v) is 7.70. The molecule has 1 N–H and O–H groups in total. The van der Waals surface area contributed by atoms with Crippen LogP contribution in [0.3, 0.4) is 0 Å². The summed E-state index contributed by atoms with van der Waals surface area (Å²) in [5.41, 5.74) is 1.24. The van der Waals surface area contributed by atoms with Crippen LogP contribution in [0.5, 0.6) is 0 Å². The Hall–Kier alpha value is -1.36. The van der Waals surface area contributed by atoms with Crippen molar-refractivity contribution in [2.24, 2.45) is 0 Å². The molecule has 0 amide bonds. The number of anilines is 2. The van der Waals surface area contributed by atoms with Crippen LogP contribution in [0.4, 0.5) is 11.6 Å². The van der Waals surface area contributed by atoms with Crippen LogP contribution in [-0.2, 0) is 11.2 Å². The number of hydrogen-bond acceptors (Lipinski definition) is 5. The van der Waals surface area contributed by atoms with Crippen molar-refractivity contribution in [3.05, 3.63) is 11.9 Å². The van der Waals surface area contributed by atoms with Crippen molar-refractivity contribution < 1.29 is 4.74 Å². The van der Waals surface area contributed by atoms with Crippen molar-refractivity contribution in [1.82, 2.24) is 9.97 Å². The minimum absolute atomic E-state index is 0.254. The third kappa shape index (κ3) is 3.60. The van der Waals surface area contributed by atoms with E-state index in [1.165, 1.54) is 5.56 Å². The maximum absolute atomic E-state index is 5.73. The summed E-state index contributed by atoms with van der Waals surface area (Å²) in [7, 11) is 0. The molecule has 1 atom stereocenters. The molecule has 0 spiro atoms. The number of rotatable bonds is 5. The molecule has 1 fully saturated rings. The van der Waals surface area contributed by atoms with E-state index in [0.29, 0.717) is 0 Å². The smallest absolute Gasteiger partial charge is 0.137 e. The molecule has 0 aromatic carbocycles. The van der Waals surface area contributed by atoms with Gasteiger partial charge in [-0.15, -0.1) is 0 Å². The molecule has 1 saturated heterocycles. The second-order valence-corrected chi connectivity index (χ2v) is 5.29. The zero-order valence-electron chi connectivity index (χ0n) is 12.9. The molecule has 20 heavy (non-hydrogen) atoms. The Labute approximate surface area is 121 Å². The molecule has 1 unspecified atom stereocenters. The normalized spacial score (nSPS) is 19.8. The quantitative estimate of drug-likeness (QED) is 0.896. The molecular formula is C15H26N4O. The van der Waals surface area contributed by atoms with E-state index in [9.17, 15) is 0 Å². The zero-order chi connectivity index (χ0) is 14.4. The summed E-state index contributed by atoms with van der Waals surface area (Å²) in [5.74, 6) is 2.06. The number of aromatic nitrogens is 2. The van der Waals surface area contributed by atoms with Crippen LogP contribution in [0.1, 0.15) is 39.2 Å². The zero-order valence-corrected chi connectivity index (χ0v) is 12.9. The predicted octanol–water partition coefficient (Wildman–Crippen LogP) is 2.48. The van der Waals surface area contributed by atoms with Gasteiger partial charge in [-0.1, -0.05) is 13.3 Å². The molecule has 0 bridgehead atoms. The lowest BCUT2D eigenvalue weighted by Gasteiger charge is -2.26. The molecule has 0 radical (unpaired) electrons. The highest BCUT2D eigenvalue weighted by molar-refractivity contribution is 5.59. The Bertz CT molecular complexity index is 424. The molecule has 0 aliphatic carbocycles. The van der Waals surface area contributed by atoms with Gasteiger partial charge >= 0.3 is 0 Å². The molecule has 1 aliphatic heterocycles. The fourth-order valence-electron chi connectivity index (χ4n) is 2.66. The van der Waals surface area contributed by atoms with Gasteiger partial charge in [-0.25, -0.2) is 9.97 Å². The van der Waals surface area contributed by atoms with Crippen molar-refractivity contribution in [2.75, 3.05) is 36.5 Å². The van der Waals surface area contributed by atoms with Gasteiger partial charge in [-0.2, -0.15) is 0 Å². The minimum atomic E-state index is 0.254. The van der Waals surface area contributed by atoms with Gasteiger partial charge in [0, 0.05) is 31.8 Å². The van der Waals surface area contributed by atoms with Gasteiger partial charge in [0.25, 0.3) is 0 Å². The van der Waals surface area contributed by atoms with Crippen molar-refractivity contribution >= 4 is 11.6 Å². The van der Waals surface area contributed by atoms with E-state index in [2.05, 4.69) is 41.0 Å². The molecule has 1 aromatic rings. The Morgan fingerprint density at radius 3 is 3.00 bits per heavy atom. The summed E-state index contributed by atoms with van der Waals surface area (Å²) in [4.78, 5) is 11.3. The van der Waals surface area contributed by atoms with E-state index < -0.39 is 0 Å². The highest BCUT2D eigenvalue weighted by Crippen LogP contribution is 2.26. The topological polar surface area (TPSA) is 50.3 Å². The summed E-state index contributed by atoms with van der Waals surface area (Å²) >= 11 is 0. The molecule has 112 valence electrons. The molecule has 1 aliphatic rings. The van der Waals surface area contributed by atoms with Crippen molar-refractivity contribution in [3.8, 4) is 0 Å². The van der Waals surface area contributed by atoms with Gasteiger partial charge in [-0.05, 0) is 26.7 Å². The van der Waals surface area contributed by atoms with Gasteiger partial charge in [0.1, 0.15) is 18.0 Å². The first-order chi connectivity index (χ1) is 9.76. The first kappa shape index (κ1) is 15.0. The summed E-state index contributed by atoms with van der Waals surface area (Å²) < 4.78 is 5.73. The monoisotopic (exact) mass is 278 g/mol. The number of nitrogens with zero attached hydrogens (tertiary/aromatic N) is 3. The summed E-state index contributed by atoms with van der Waals surface area (Å²) in [5, 5.41) is 3.36. The lowest BCUT2D eigenvalue weighted by molar-refractivity contribution is 0.0820. The molecular weight excluding hydrogens is 252 g/mol. The third-order valence-corrected chi connectivity index (χ3v) is 3.52. The maximum atomic E-state index is 5.73. The Morgan fingerprint density at radius 2 is 2.25 bits per heavy atom. The van der Waals surface area contributed by atoms with Gasteiger partial charge in [0.05, 0.1) is 6.10 Å². The van der Waals surface area contributed by atoms with E-state index in [1.54, 1.807) is 6.33 Å². The Morgan fingerprint density at radius 1 is 1.40 bits per heavy atom. The highest BCUT2D eigenvalue weighted by Gasteiger charge is 2.20. The highest BCUT2D eigenvalue weighted by atomic mass is 16.5. The van der Waals surface area contributed by atoms with Crippen LogP contribution >= 0.6 is 0 Å². The van der Waals surface area contributed by atoms with E-state index >= 15 is 0 Å². The molecule has 2 rings (SSSR count). The predicted molar refractivity (Wildman–Crippen MR) is 82.4 cm³/mol. The van der Waals surface area contributed by atoms with Gasteiger partial charge in [-0.3, -0.25) is 0 Å². The van der Waals surface area contributed by atoms with Gasteiger partial charge in [0.2, 0.25) is 0 Å². The second-order valence-electron chi connectivity index (χ2n) is 5.29. The second kappa shape index (κ2) is 7.43. The molecule has 5 heteroatoms. The van der Waals surface area contributed by atoms with Crippen LogP contribution in [-0.4, -0.2) is 42.3 Å². The average Bonchev–Trinajstić information content (AvgIpc) is 2.66. The van der Waals surface area contributed by atoms with Crippen LogP contribution in [0.2, 0.25) is 0 Å². The lowest BCUT2D eigenvalue weighted by Crippen LogP contribution is -2.32. The standard InChI is InChI=1S/C15H26N4O/c1-4-7-13-14(16-5-2)17-11-18-15(13)19-8-6-9-20-12(3)10-19/h11-12H,4-10H2,1-3H3,(H,16,17,18). The third-order valence-electron chi connectivity index (χ3n) is 3.52. The molecule has 1 aromatic heterocycles. The number of ether oxygens (including phenoxy) is 1. The molecule has 0 saturated carbocycles. The van der Waals surface area contributed by atoms with Crippen LogP contribution < -0.4 is 10.2 Å². The molecule has 2 heterocycles. The van der Waals surface area contributed by atoms with E-state index in [-0.39, 0.29) is 6.10 Å². The van der Waals surface area contributed by atoms with Gasteiger partial charge in [0.15, 0.2) is 0 Å². The number of hydrogen-bond donors (Lipinski definition) is 1. The lowest BCUT2D eigenvalue weighted by atomic mass is 10.1. The first-order valence-electron chi connectivity index (χ1n) is 7.70. The average molecular weight is 278 g/mol. The molecule has 5 nitrogen and oxygen atoms in total. The fourth-order valence-corrected chi connectivity index (χ4v) is 2.66. The van der Waals surface area contributed by atoms with Crippen molar-refractivity contribution in [1.29, 1.82) is 0 Å². The van der Waals surface area contributed by atoms with Gasteiger partial charge < -0.3 is 15.0 Å². The Balaban J connectivity index is 2.30. The Kier molecular flexibility index (Phi) is 5.59. The maximum Gasteiger partial charge on any atom is 0.137 e. The van der Waals surface area contributed by atoms with E-state index in [4.69, 9.17) is 4.74 Å². The summed E-state index contributed by atoms with van der Waals surface area (Å²) in [6.45, 7) is 10.0. The summed E-state index contributed by atoms with van der Waals surface area (Å²) in [6.07, 6.45) is 5.08.